The van der Waals surface area contributed by atoms with Crippen molar-refractivity contribution >= 4 is 18.2 Å². The third kappa shape index (κ3) is 15.8. The van der Waals surface area contributed by atoms with Crippen LogP contribution in [0.1, 0.15) is 16.7 Å². The zero-order valence-corrected chi connectivity index (χ0v) is 10.3. The summed E-state index contributed by atoms with van der Waals surface area (Å²) in [5.41, 5.74) is 4.18. The van der Waals surface area contributed by atoms with Gasteiger partial charge in [-0.3, -0.25) is 14.4 Å². The van der Waals surface area contributed by atoms with Crippen LogP contribution in [0, 0.1) is 20.8 Å². The van der Waals surface area contributed by atoms with Gasteiger partial charge in [-0.15, -0.1) is 0 Å². The van der Waals surface area contributed by atoms with Gasteiger partial charge in [0.2, 0.25) is 0 Å². The maximum atomic E-state index is 8.24. The largest absolute Gasteiger partial charge is 0.724 e. The molecule has 0 radical (unpaired) electrons. The van der Waals surface area contributed by atoms with Gasteiger partial charge in [0.15, 0.2) is 0 Å². The quantitative estimate of drug-likeness (QED) is 0.515. The monoisotopic (exact) mass is 246 g/mol. The fraction of sp³-hybridized carbons (Fsp3) is 0.250. The second-order valence-electron chi connectivity index (χ2n) is 2.79. The molecule has 0 aliphatic carbocycles. The van der Waals surface area contributed by atoms with Crippen LogP contribution >= 0.6 is 0 Å². The number of isocyanates is 3. The first-order valence-corrected chi connectivity index (χ1v) is 4.53. The summed E-state index contributed by atoms with van der Waals surface area (Å²) in [5.74, 6) is 0. The van der Waals surface area contributed by atoms with Crippen molar-refractivity contribution in [1.82, 2.24) is 0 Å². The van der Waals surface area contributed by atoms with Crippen LogP contribution in [-0.2, 0) is 14.4 Å². The predicted molar refractivity (Wildman–Crippen MR) is 67.8 cm³/mol. The molecule has 0 heterocycles. The zero-order valence-electron chi connectivity index (χ0n) is 10.3. The van der Waals surface area contributed by atoms with Crippen molar-refractivity contribution < 1.29 is 14.4 Å². The third-order valence-electron chi connectivity index (χ3n) is 1.88. The summed E-state index contributed by atoms with van der Waals surface area (Å²) >= 11 is 0. The van der Waals surface area contributed by atoms with Gasteiger partial charge in [-0.2, -0.15) is 0 Å². The van der Waals surface area contributed by atoms with E-state index in [1.807, 2.05) is 0 Å². The van der Waals surface area contributed by atoms with Crippen molar-refractivity contribution in [3.05, 3.63) is 51.1 Å². The van der Waals surface area contributed by atoms with Crippen LogP contribution in [0.15, 0.2) is 18.2 Å². The molecule has 6 heteroatoms. The predicted octanol–water partition coefficient (Wildman–Crippen LogP) is 2.29. The number of benzene rings is 1. The molecular formula is C12H12N3O3-3. The van der Waals surface area contributed by atoms with E-state index in [2.05, 4.69) is 39.0 Å². The fourth-order valence-electron chi connectivity index (χ4n) is 0.898. The maximum Gasteiger partial charge on any atom is -0.0159 e. The van der Waals surface area contributed by atoms with Gasteiger partial charge in [0.05, 0.1) is 0 Å². The molecule has 0 aliphatic rings. The Labute approximate surface area is 105 Å². The average Bonchev–Trinajstić information content (AvgIpc) is 2.29. The summed E-state index contributed by atoms with van der Waals surface area (Å²) in [5, 5.41) is 20.3. The van der Waals surface area contributed by atoms with Crippen LogP contribution in [-0.4, -0.2) is 18.2 Å². The first-order valence-electron chi connectivity index (χ1n) is 4.53. The Morgan fingerprint density at radius 1 is 0.778 bits per heavy atom. The van der Waals surface area contributed by atoms with E-state index >= 15 is 0 Å². The molecule has 0 saturated heterocycles. The van der Waals surface area contributed by atoms with Gasteiger partial charge in [0, 0.05) is 0 Å². The molecule has 0 aliphatic heterocycles. The van der Waals surface area contributed by atoms with Crippen LogP contribution in [0.4, 0.5) is 0 Å². The summed E-state index contributed by atoms with van der Waals surface area (Å²) in [6.07, 6.45) is 1.50. The van der Waals surface area contributed by atoms with Gasteiger partial charge < -0.3 is 16.2 Å². The van der Waals surface area contributed by atoms with Gasteiger partial charge in [0.1, 0.15) is 0 Å². The Bertz CT molecular complexity index is 389. The van der Waals surface area contributed by atoms with E-state index in [1.54, 1.807) is 0 Å². The molecule has 0 N–H and O–H groups in total. The van der Waals surface area contributed by atoms with Gasteiger partial charge in [0.25, 0.3) is 0 Å². The fourth-order valence-corrected chi connectivity index (χ4v) is 0.898. The van der Waals surface area contributed by atoms with Crippen molar-refractivity contribution in [3.63, 3.8) is 0 Å². The molecule has 1 rings (SSSR count). The average molecular weight is 246 g/mol. The van der Waals surface area contributed by atoms with Gasteiger partial charge in [-0.1, -0.05) is 18.2 Å². The van der Waals surface area contributed by atoms with Crippen LogP contribution in [0.25, 0.3) is 16.2 Å². The van der Waals surface area contributed by atoms with Crippen LogP contribution in [0.5, 0.6) is 0 Å². The lowest BCUT2D eigenvalue weighted by atomic mass is 10.1. The number of hydrogen-bond acceptors (Lipinski definition) is 3. The molecule has 1 aromatic rings. The highest BCUT2D eigenvalue weighted by molar-refractivity contribution is 5.37. The zero-order chi connectivity index (χ0) is 15.0. The number of aryl methyl sites for hydroxylation is 2. The molecule has 0 fully saturated rings. The first-order chi connectivity index (χ1) is 8.46. The summed E-state index contributed by atoms with van der Waals surface area (Å²) in [7, 11) is 0. The van der Waals surface area contributed by atoms with E-state index in [0.29, 0.717) is 18.2 Å². The number of hydrogen-bond donors (Lipinski definition) is 0. The van der Waals surface area contributed by atoms with E-state index in [1.165, 1.54) is 16.7 Å². The molecule has 0 spiro atoms. The maximum absolute atomic E-state index is 8.24. The van der Waals surface area contributed by atoms with Crippen molar-refractivity contribution in [3.8, 4) is 0 Å². The molecule has 0 bridgehead atoms. The van der Waals surface area contributed by atoms with Crippen molar-refractivity contribution in [1.29, 1.82) is 0 Å². The number of carbonyl (C=O) groups excluding carboxylic acids is 3. The van der Waals surface area contributed by atoms with E-state index < -0.39 is 0 Å². The second kappa shape index (κ2) is 16.8. The van der Waals surface area contributed by atoms with Crippen LogP contribution in [0.3, 0.4) is 0 Å². The normalized spacial score (nSPS) is 6.17. The lowest BCUT2D eigenvalue weighted by Gasteiger charge is -2.00. The Morgan fingerprint density at radius 2 is 1.00 bits per heavy atom. The third-order valence-corrected chi connectivity index (χ3v) is 1.88. The van der Waals surface area contributed by atoms with Gasteiger partial charge in [-0.05, 0) is 55.7 Å². The molecule has 6 nitrogen and oxygen atoms in total. The Morgan fingerprint density at radius 3 is 1.17 bits per heavy atom. The molecule has 0 aromatic heterocycles. The Balaban J connectivity index is -0.000000210. The van der Waals surface area contributed by atoms with E-state index in [9.17, 15) is 0 Å². The molecule has 0 unspecified atom stereocenters. The summed E-state index contributed by atoms with van der Waals surface area (Å²) in [6.45, 7) is 6.44. The lowest BCUT2D eigenvalue weighted by Crippen LogP contribution is -1.82. The topological polar surface area (TPSA) is 118 Å². The second-order valence-corrected chi connectivity index (χ2v) is 2.79. The summed E-state index contributed by atoms with van der Waals surface area (Å²) in [4.78, 5) is 24.7. The van der Waals surface area contributed by atoms with Crippen molar-refractivity contribution in [2.75, 3.05) is 0 Å². The molecule has 0 saturated carbocycles. The minimum absolute atomic E-state index is 0.500. The Hall–Kier alpha value is -2.64. The van der Waals surface area contributed by atoms with E-state index in [0.717, 1.165) is 0 Å². The van der Waals surface area contributed by atoms with Crippen molar-refractivity contribution in [2.45, 2.75) is 20.8 Å². The summed E-state index contributed by atoms with van der Waals surface area (Å²) in [6, 6.07) is 6.38. The number of rotatable bonds is 0. The smallest absolute Gasteiger partial charge is 0.0159 e. The molecule has 0 amide bonds. The standard InChI is InChI=1S/C9H12.3CNO/c1-7-5-4-6-8(2)9(7)3;3*2-1-3/h4-6H,1-3H3;;;/q;3*-1. The number of nitrogens with zero attached hydrogens (tertiary/aromatic N) is 3. The van der Waals surface area contributed by atoms with Crippen molar-refractivity contribution in [2.24, 2.45) is 0 Å². The minimum atomic E-state index is 0.500. The van der Waals surface area contributed by atoms with Gasteiger partial charge >= 0.3 is 0 Å². The van der Waals surface area contributed by atoms with Crippen LogP contribution < -0.4 is 0 Å². The highest BCUT2D eigenvalue weighted by atomic mass is 16.1. The molecular weight excluding hydrogens is 234 g/mol. The Kier molecular flexibility index (Phi) is 19.3. The SMILES string of the molecule is Cc1cccc(C)c1C.[N-]=C=O.[N-]=C=O.[N-]=C=O. The van der Waals surface area contributed by atoms with E-state index in [-0.39, 0.29) is 0 Å². The summed E-state index contributed by atoms with van der Waals surface area (Å²) < 4.78 is 0. The lowest BCUT2D eigenvalue weighted by molar-refractivity contribution is 0.568. The van der Waals surface area contributed by atoms with Crippen LogP contribution in [0.2, 0.25) is 0 Å². The first kappa shape index (κ1) is 20.7. The molecule has 18 heavy (non-hydrogen) atoms. The molecule has 0 atom stereocenters. The molecule has 96 valence electrons. The van der Waals surface area contributed by atoms with Gasteiger partial charge in [-0.25, -0.2) is 0 Å². The highest BCUT2D eigenvalue weighted by Gasteiger charge is 1.91. The van der Waals surface area contributed by atoms with E-state index in [4.69, 9.17) is 30.6 Å². The highest BCUT2D eigenvalue weighted by Crippen LogP contribution is 2.09. The minimum Gasteiger partial charge on any atom is -0.724 e. The molecule has 1 aromatic carbocycles.